The van der Waals surface area contributed by atoms with E-state index in [1.165, 1.54) is 11.3 Å². The molecule has 1 N–H and O–H groups in total. The minimum atomic E-state index is -0.230. The molecule has 0 saturated carbocycles. The molecule has 2 amide bonds. The molecule has 142 valence electrons. The highest BCUT2D eigenvalue weighted by atomic mass is 32.1. The van der Waals surface area contributed by atoms with Crippen LogP contribution in [0.3, 0.4) is 0 Å². The highest BCUT2D eigenvalue weighted by Gasteiger charge is 2.36. The summed E-state index contributed by atoms with van der Waals surface area (Å²) < 4.78 is 11.6. The molecule has 8 heteroatoms. The summed E-state index contributed by atoms with van der Waals surface area (Å²) in [4.78, 5) is 31.2. The molecular weight excluding hydrogens is 378 g/mol. The Morgan fingerprint density at radius 3 is 2.82 bits per heavy atom. The average molecular weight is 395 g/mol. The quantitative estimate of drug-likeness (QED) is 0.737. The summed E-state index contributed by atoms with van der Waals surface area (Å²) in [5.74, 6) is 0.769. The summed E-state index contributed by atoms with van der Waals surface area (Å²) in [5.41, 5.74) is 2.56. The van der Waals surface area contributed by atoms with E-state index in [1.54, 1.807) is 23.1 Å². The fraction of sp³-hybridized carbons (Fsp3) is 0.250. The van der Waals surface area contributed by atoms with Crippen molar-refractivity contribution in [1.29, 1.82) is 0 Å². The second-order valence-corrected chi connectivity index (χ2v) is 7.99. The molecule has 1 aromatic heterocycles. The predicted molar refractivity (Wildman–Crippen MR) is 105 cm³/mol. The van der Waals surface area contributed by atoms with Crippen LogP contribution >= 0.6 is 11.3 Å². The summed E-state index contributed by atoms with van der Waals surface area (Å²) in [6, 6.07) is 11.1. The molecule has 2 aromatic carbocycles. The third-order valence-electron chi connectivity index (χ3n) is 4.93. The van der Waals surface area contributed by atoms with Crippen molar-refractivity contribution >= 4 is 38.5 Å². The number of rotatable bonds is 3. The van der Waals surface area contributed by atoms with Gasteiger partial charge in [-0.25, -0.2) is 4.98 Å². The molecule has 0 unspecified atom stereocenters. The molecule has 0 atom stereocenters. The Morgan fingerprint density at radius 2 is 1.96 bits per heavy atom. The first kappa shape index (κ1) is 17.0. The first-order valence-electron chi connectivity index (χ1n) is 8.94. The molecule has 5 rings (SSSR count). The van der Waals surface area contributed by atoms with E-state index in [1.807, 2.05) is 19.1 Å². The molecule has 3 heterocycles. The van der Waals surface area contributed by atoms with Gasteiger partial charge in [-0.05, 0) is 42.8 Å². The Bertz CT molecular complexity index is 1100. The summed E-state index contributed by atoms with van der Waals surface area (Å²) in [6.45, 7) is 2.98. The van der Waals surface area contributed by atoms with E-state index in [-0.39, 0.29) is 24.5 Å². The second-order valence-electron chi connectivity index (χ2n) is 6.95. The number of nitrogens with one attached hydrogen (secondary N) is 1. The van der Waals surface area contributed by atoms with Gasteiger partial charge in [0, 0.05) is 18.7 Å². The fourth-order valence-corrected chi connectivity index (χ4v) is 4.28. The first-order valence-corrected chi connectivity index (χ1v) is 9.75. The van der Waals surface area contributed by atoms with Gasteiger partial charge in [0.15, 0.2) is 16.6 Å². The Hall–Kier alpha value is -3.13. The first-order chi connectivity index (χ1) is 13.6. The van der Waals surface area contributed by atoms with E-state index in [0.29, 0.717) is 35.3 Å². The highest BCUT2D eigenvalue weighted by molar-refractivity contribution is 7.22. The van der Waals surface area contributed by atoms with Crippen molar-refractivity contribution in [3.63, 3.8) is 0 Å². The van der Waals surface area contributed by atoms with Crippen molar-refractivity contribution in [3.8, 4) is 11.5 Å². The summed E-state index contributed by atoms with van der Waals surface area (Å²) >= 11 is 1.46. The van der Waals surface area contributed by atoms with Gasteiger partial charge in [-0.2, -0.15) is 0 Å². The number of thiazole rings is 1. The minimum absolute atomic E-state index is 0.106. The van der Waals surface area contributed by atoms with Crippen molar-refractivity contribution in [1.82, 2.24) is 9.88 Å². The molecule has 28 heavy (non-hydrogen) atoms. The fourth-order valence-electron chi connectivity index (χ4n) is 3.32. The second kappa shape index (κ2) is 6.49. The van der Waals surface area contributed by atoms with Gasteiger partial charge in [0.25, 0.3) is 5.91 Å². The average Bonchev–Trinajstić information content (AvgIpc) is 3.25. The maximum atomic E-state index is 12.6. The molecule has 2 aliphatic rings. The SMILES string of the molecule is Cc1ccc2nc(NC(=O)C3CN(C(=O)c4ccc5c(c4)OCO5)C3)sc2c1. The maximum Gasteiger partial charge on any atom is 0.254 e. The van der Waals surface area contributed by atoms with Crippen LogP contribution in [-0.2, 0) is 4.79 Å². The number of carbonyl (C=O) groups is 2. The van der Waals surface area contributed by atoms with Gasteiger partial charge in [0.2, 0.25) is 12.7 Å². The molecule has 0 bridgehead atoms. The van der Waals surface area contributed by atoms with E-state index in [0.717, 1.165) is 15.8 Å². The van der Waals surface area contributed by atoms with Gasteiger partial charge >= 0.3 is 0 Å². The van der Waals surface area contributed by atoms with E-state index in [4.69, 9.17) is 9.47 Å². The third-order valence-corrected chi connectivity index (χ3v) is 5.87. The number of anilines is 1. The van der Waals surface area contributed by atoms with Crippen LogP contribution in [0.15, 0.2) is 36.4 Å². The number of ether oxygens (including phenoxy) is 2. The highest BCUT2D eigenvalue weighted by Crippen LogP contribution is 2.33. The predicted octanol–water partition coefficient (Wildman–Crippen LogP) is 3.04. The maximum absolute atomic E-state index is 12.6. The smallest absolute Gasteiger partial charge is 0.254 e. The molecule has 0 aliphatic carbocycles. The number of hydrogen-bond acceptors (Lipinski definition) is 6. The standard InChI is InChI=1S/C20H17N3O4S/c1-11-2-4-14-17(6-11)28-20(21-14)22-18(24)13-8-23(9-13)19(25)12-3-5-15-16(7-12)27-10-26-15/h2-7,13H,8-10H2,1H3,(H,21,22,24). The molecule has 0 spiro atoms. The number of amides is 2. The lowest BCUT2D eigenvalue weighted by Gasteiger charge is -2.38. The summed E-state index contributed by atoms with van der Waals surface area (Å²) in [5, 5.41) is 3.47. The molecule has 0 radical (unpaired) electrons. The molecule has 7 nitrogen and oxygen atoms in total. The molecule has 1 fully saturated rings. The number of aryl methyl sites for hydroxylation is 1. The van der Waals surface area contributed by atoms with Crippen LogP contribution in [0.25, 0.3) is 10.2 Å². The number of likely N-dealkylation sites (tertiary alicyclic amines) is 1. The van der Waals surface area contributed by atoms with Crippen LogP contribution in [0, 0.1) is 12.8 Å². The largest absolute Gasteiger partial charge is 0.454 e. The molecule has 2 aliphatic heterocycles. The molecule has 3 aromatic rings. The lowest BCUT2D eigenvalue weighted by atomic mass is 9.98. The monoisotopic (exact) mass is 395 g/mol. The zero-order chi connectivity index (χ0) is 19.3. The van der Waals surface area contributed by atoms with E-state index in [9.17, 15) is 9.59 Å². The van der Waals surface area contributed by atoms with Crippen molar-refractivity contribution in [2.45, 2.75) is 6.92 Å². The van der Waals surface area contributed by atoms with Crippen molar-refractivity contribution < 1.29 is 19.1 Å². The number of carbonyl (C=O) groups excluding carboxylic acids is 2. The van der Waals surface area contributed by atoms with Crippen LogP contribution in [0.1, 0.15) is 15.9 Å². The zero-order valence-electron chi connectivity index (χ0n) is 15.1. The molecular formula is C20H17N3O4S. The number of hydrogen-bond donors (Lipinski definition) is 1. The van der Waals surface area contributed by atoms with Gasteiger partial charge in [-0.15, -0.1) is 0 Å². The van der Waals surface area contributed by atoms with Gasteiger partial charge in [0.05, 0.1) is 16.1 Å². The van der Waals surface area contributed by atoms with Crippen molar-refractivity contribution in [2.24, 2.45) is 5.92 Å². The Kier molecular flexibility index (Phi) is 3.94. The van der Waals surface area contributed by atoms with Gasteiger partial charge < -0.3 is 19.7 Å². The van der Waals surface area contributed by atoms with E-state index in [2.05, 4.69) is 16.4 Å². The van der Waals surface area contributed by atoms with E-state index < -0.39 is 0 Å². The van der Waals surface area contributed by atoms with Gasteiger partial charge in [0.1, 0.15) is 0 Å². The third kappa shape index (κ3) is 2.95. The normalized spacial score (nSPS) is 15.5. The number of fused-ring (bicyclic) bond motifs is 2. The lowest BCUT2D eigenvalue weighted by Crippen LogP contribution is -2.54. The van der Waals surface area contributed by atoms with Crippen LogP contribution in [0.2, 0.25) is 0 Å². The van der Waals surface area contributed by atoms with Crippen LogP contribution in [-0.4, -0.2) is 41.6 Å². The summed E-state index contributed by atoms with van der Waals surface area (Å²) in [6.07, 6.45) is 0. The minimum Gasteiger partial charge on any atom is -0.454 e. The zero-order valence-corrected chi connectivity index (χ0v) is 15.9. The Labute approximate surface area is 164 Å². The Balaban J connectivity index is 1.21. The van der Waals surface area contributed by atoms with Crippen LogP contribution in [0.5, 0.6) is 11.5 Å². The number of benzene rings is 2. The topological polar surface area (TPSA) is 80.8 Å². The Morgan fingerprint density at radius 1 is 1.14 bits per heavy atom. The van der Waals surface area contributed by atoms with Crippen molar-refractivity contribution in [2.75, 3.05) is 25.2 Å². The lowest BCUT2D eigenvalue weighted by molar-refractivity contribution is -0.123. The van der Waals surface area contributed by atoms with E-state index >= 15 is 0 Å². The summed E-state index contributed by atoms with van der Waals surface area (Å²) in [7, 11) is 0. The molecule has 1 saturated heterocycles. The number of nitrogens with zero attached hydrogens (tertiary/aromatic N) is 2. The van der Waals surface area contributed by atoms with Crippen LogP contribution < -0.4 is 14.8 Å². The van der Waals surface area contributed by atoms with Gasteiger partial charge in [-0.3, -0.25) is 9.59 Å². The van der Waals surface area contributed by atoms with Crippen molar-refractivity contribution in [3.05, 3.63) is 47.5 Å². The van der Waals surface area contributed by atoms with Gasteiger partial charge in [-0.1, -0.05) is 17.4 Å². The van der Waals surface area contributed by atoms with Crippen LogP contribution in [0.4, 0.5) is 5.13 Å². The number of aromatic nitrogens is 1.